The van der Waals surface area contributed by atoms with Crippen molar-refractivity contribution >= 4 is 0 Å². The fourth-order valence-electron chi connectivity index (χ4n) is 3.64. The van der Waals surface area contributed by atoms with Gasteiger partial charge in [0.15, 0.2) is 0 Å². The maximum absolute atomic E-state index is 10.5. The van der Waals surface area contributed by atoms with Crippen molar-refractivity contribution in [1.82, 2.24) is 4.90 Å². The zero-order valence-electron chi connectivity index (χ0n) is 14.0. The van der Waals surface area contributed by atoms with E-state index < -0.39 is 0 Å². The summed E-state index contributed by atoms with van der Waals surface area (Å²) in [5.41, 5.74) is 2.41. The third kappa shape index (κ3) is 5.12. The minimum atomic E-state index is -0.365. The Hall–Kier alpha value is -0.860. The first-order chi connectivity index (χ1) is 9.94. The molecule has 1 saturated heterocycles. The van der Waals surface area contributed by atoms with Crippen LogP contribution in [0.15, 0.2) is 24.3 Å². The molecule has 0 saturated carbocycles. The lowest BCUT2D eigenvalue weighted by Crippen LogP contribution is -2.40. The number of hydrogen-bond donors (Lipinski definition) is 1. The predicted molar refractivity (Wildman–Crippen MR) is 89.3 cm³/mol. The smallest absolute Gasteiger partial charge is 0.0916 e. The molecule has 118 valence electrons. The standard InChI is InChI=1S/C19H31NO/c1-14(2)9-17-5-7-18(8-6-17)19(21)13-20-11-15(3)10-16(4)12-20/h5-8,14-16,19,21H,9-13H2,1-4H3. The molecule has 0 aromatic heterocycles. The summed E-state index contributed by atoms with van der Waals surface area (Å²) in [5.74, 6) is 2.17. The minimum absolute atomic E-state index is 0.365. The summed E-state index contributed by atoms with van der Waals surface area (Å²) in [7, 11) is 0. The molecular weight excluding hydrogens is 258 g/mol. The number of benzene rings is 1. The normalized spacial score (nSPS) is 25.2. The van der Waals surface area contributed by atoms with Crippen LogP contribution in [0.3, 0.4) is 0 Å². The highest BCUT2D eigenvalue weighted by atomic mass is 16.3. The highest BCUT2D eigenvalue weighted by molar-refractivity contribution is 5.24. The highest BCUT2D eigenvalue weighted by Gasteiger charge is 2.23. The molecule has 1 aliphatic heterocycles. The Kier molecular flexibility index (Phi) is 5.83. The van der Waals surface area contributed by atoms with Crippen LogP contribution < -0.4 is 0 Å². The van der Waals surface area contributed by atoms with Gasteiger partial charge in [-0.25, -0.2) is 0 Å². The Balaban J connectivity index is 1.92. The number of nitrogens with zero attached hydrogens (tertiary/aromatic N) is 1. The molecule has 2 rings (SSSR count). The Morgan fingerprint density at radius 1 is 1.10 bits per heavy atom. The highest BCUT2D eigenvalue weighted by Crippen LogP contribution is 2.24. The summed E-state index contributed by atoms with van der Waals surface area (Å²) < 4.78 is 0. The van der Waals surface area contributed by atoms with Gasteiger partial charge in [-0.3, -0.25) is 4.90 Å². The molecule has 0 aliphatic carbocycles. The van der Waals surface area contributed by atoms with Crippen LogP contribution in [0.25, 0.3) is 0 Å². The van der Waals surface area contributed by atoms with E-state index in [2.05, 4.69) is 56.9 Å². The largest absolute Gasteiger partial charge is 0.387 e. The van der Waals surface area contributed by atoms with Gasteiger partial charge in [-0.2, -0.15) is 0 Å². The number of rotatable bonds is 5. The molecule has 2 nitrogen and oxygen atoms in total. The van der Waals surface area contributed by atoms with Gasteiger partial charge in [0, 0.05) is 19.6 Å². The molecule has 2 heteroatoms. The van der Waals surface area contributed by atoms with Crippen LogP contribution in [-0.4, -0.2) is 29.6 Å². The molecule has 0 amide bonds. The summed E-state index contributed by atoms with van der Waals surface area (Å²) >= 11 is 0. The van der Waals surface area contributed by atoms with Crippen molar-refractivity contribution in [1.29, 1.82) is 0 Å². The van der Waals surface area contributed by atoms with Gasteiger partial charge in [-0.05, 0) is 41.7 Å². The fraction of sp³-hybridized carbons (Fsp3) is 0.684. The van der Waals surface area contributed by atoms with E-state index in [4.69, 9.17) is 0 Å². The zero-order chi connectivity index (χ0) is 15.4. The van der Waals surface area contributed by atoms with E-state index in [1.165, 1.54) is 12.0 Å². The third-order valence-corrected chi connectivity index (χ3v) is 4.38. The van der Waals surface area contributed by atoms with E-state index in [1.54, 1.807) is 0 Å². The van der Waals surface area contributed by atoms with E-state index >= 15 is 0 Å². The summed E-state index contributed by atoms with van der Waals surface area (Å²) in [6, 6.07) is 8.53. The van der Waals surface area contributed by atoms with Gasteiger partial charge in [0.25, 0.3) is 0 Å². The van der Waals surface area contributed by atoms with Crippen LogP contribution in [0.1, 0.15) is 51.3 Å². The van der Waals surface area contributed by atoms with E-state index in [0.717, 1.165) is 43.5 Å². The molecule has 1 fully saturated rings. The second kappa shape index (κ2) is 7.42. The van der Waals surface area contributed by atoms with Gasteiger partial charge < -0.3 is 5.11 Å². The van der Waals surface area contributed by atoms with Crippen molar-refractivity contribution < 1.29 is 5.11 Å². The molecular formula is C19H31NO. The minimum Gasteiger partial charge on any atom is -0.387 e. The van der Waals surface area contributed by atoms with E-state index in [1.807, 2.05) is 0 Å². The molecule has 3 unspecified atom stereocenters. The molecule has 3 atom stereocenters. The molecule has 0 bridgehead atoms. The molecule has 21 heavy (non-hydrogen) atoms. The Bertz CT molecular complexity index is 416. The van der Waals surface area contributed by atoms with Crippen molar-refractivity contribution in [2.24, 2.45) is 17.8 Å². The van der Waals surface area contributed by atoms with Gasteiger partial charge in [0.2, 0.25) is 0 Å². The van der Waals surface area contributed by atoms with Gasteiger partial charge in [0.1, 0.15) is 0 Å². The average molecular weight is 289 g/mol. The molecule has 1 aromatic carbocycles. The lowest BCUT2D eigenvalue weighted by Gasteiger charge is -2.36. The fourth-order valence-corrected chi connectivity index (χ4v) is 3.64. The summed E-state index contributed by atoms with van der Waals surface area (Å²) in [5, 5.41) is 10.5. The second-order valence-electron chi connectivity index (χ2n) is 7.52. The first-order valence-corrected chi connectivity index (χ1v) is 8.43. The maximum Gasteiger partial charge on any atom is 0.0916 e. The number of piperidine rings is 1. The predicted octanol–water partition coefficient (Wildman–Crippen LogP) is 3.90. The molecule has 1 N–H and O–H groups in total. The number of β-amino-alcohol motifs (C(OH)–C–C–N with tert-alkyl or cyclic N) is 1. The second-order valence-corrected chi connectivity index (χ2v) is 7.52. The van der Waals surface area contributed by atoms with Gasteiger partial charge in [-0.15, -0.1) is 0 Å². The van der Waals surface area contributed by atoms with Crippen molar-refractivity contribution in [3.63, 3.8) is 0 Å². The third-order valence-electron chi connectivity index (χ3n) is 4.38. The lowest BCUT2D eigenvalue weighted by atomic mass is 9.91. The van der Waals surface area contributed by atoms with Gasteiger partial charge in [-0.1, -0.05) is 52.0 Å². The molecule has 1 aliphatic rings. The molecule has 1 heterocycles. The SMILES string of the molecule is CC(C)Cc1ccc(C(O)CN2CC(C)CC(C)C2)cc1. The van der Waals surface area contributed by atoms with E-state index in [9.17, 15) is 5.11 Å². The number of hydrogen-bond acceptors (Lipinski definition) is 2. The van der Waals surface area contributed by atoms with Crippen LogP contribution in [0.5, 0.6) is 0 Å². The maximum atomic E-state index is 10.5. The van der Waals surface area contributed by atoms with E-state index in [0.29, 0.717) is 5.92 Å². The Labute approximate surface area is 130 Å². The van der Waals surface area contributed by atoms with Crippen molar-refractivity contribution in [3.8, 4) is 0 Å². The van der Waals surface area contributed by atoms with Crippen molar-refractivity contribution in [2.75, 3.05) is 19.6 Å². The number of aliphatic hydroxyl groups is 1. The summed E-state index contributed by atoms with van der Waals surface area (Å²) in [4.78, 5) is 2.42. The van der Waals surface area contributed by atoms with Crippen LogP contribution >= 0.6 is 0 Å². The van der Waals surface area contributed by atoms with Crippen molar-refractivity contribution in [2.45, 2.75) is 46.6 Å². The van der Waals surface area contributed by atoms with Crippen LogP contribution in [0, 0.1) is 17.8 Å². The summed E-state index contributed by atoms with van der Waals surface area (Å²) in [6.45, 7) is 12.1. The van der Waals surface area contributed by atoms with Gasteiger partial charge in [0.05, 0.1) is 6.10 Å². The molecule has 0 radical (unpaired) electrons. The Morgan fingerprint density at radius 3 is 2.19 bits per heavy atom. The monoisotopic (exact) mass is 289 g/mol. The Morgan fingerprint density at radius 2 is 1.67 bits per heavy atom. The number of likely N-dealkylation sites (tertiary alicyclic amines) is 1. The first-order valence-electron chi connectivity index (χ1n) is 8.43. The quantitative estimate of drug-likeness (QED) is 0.888. The first kappa shape index (κ1) is 16.5. The average Bonchev–Trinajstić information content (AvgIpc) is 2.37. The number of aliphatic hydroxyl groups excluding tert-OH is 1. The van der Waals surface area contributed by atoms with Gasteiger partial charge >= 0.3 is 0 Å². The van der Waals surface area contributed by atoms with Crippen LogP contribution in [0.4, 0.5) is 0 Å². The van der Waals surface area contributed by atoms with Crippen molar-refractivity contribution in [3.05, 3.63) is 35.4 Å². The molecule has 1 aromatic rings. The molecule has 0 spiro atoms. The van der Waals surface area contributed by atoms with E-state index in [-0.39, 0.29) is 6.10 Å². The lowest BCUT2D eigenvalue weighted by molar-refractivity contribution is 0.0699. The van der Waals surface area contributed by atoms with Crippen LogP contribution in [-0.2, 0) is 6.42 Å². The topological polar surface area (TPSA) is 23.5 Å². The summed E-state index contributed by atoms with van der Waals surface area (Å²) in [6.07, 6.45) is 2.06. The zero-order valence-corrected chi connectivity index (χ0v) is 14.0. The van der Waals surface area contributed by atoms with Crippen LogP contribution in [0.2, 0.25) is 0 Å².